The van der Waals surface area contributed by atoms with E-state index in [0.29, 0.717) is 54.9 Å². The van der Waals surface area contributed by atoms with Gasteiger partial charge in [-0.3, -0.25) is 19.7 Å². The predicted molar refractivity (Wildman–Crippen MR) is 140 cm³/mol. The molecule has 39 heavy (non-hydrogen) atoms. The first kappa shape index (κ1) is 26.2. The van der Waals surface area contributed by atoms with E-state index in [4.69, 9.17) is 4.74 Å². The number of ether oxygens (including phenoxy) is 1. The Hall–Kier alpha value is -4.41. The summed E-state index contributed by atoms with van der Waals surface area (Å²) in [6.07, 6.45) is 3.00. The first-order valence-electron chi connectivity index (χ1n) is 13.0. The molecule has 0 spiro atoms. The van der Waals surface area contributed by atoms with Crippen molar-refractivity contribution in [3.8, 4) is 23.7 Å². The summed E-state index contributed by atoms with van der Waals surface area (Å²) in [5.41, 5.74) is 2.08. The molecular formula is C29H29N5O5. The summed E-state index contributed by atoms with van der Waals surface area (Å²) in [7, 11) is 0. The molecule has 3 aliphatic rings. The number of hydrogen-bond donors (Lipinski definition) is 2. The van der Waals surface area contributed by atoms with E-state index in [0.717, 1.165) is 11.3 Å². The number of fused-ring (bicyclic) bond motifs is 1. The Bertz CT molecular complexity index is 1440. The van der Waals surface area contributed by atoms with Gasteiger partial charge in [-0.15, -0.1) is 0 Å². The van der Waals surface area contributed by atoms with Gasteiger partial charge < -0.3 is 19.6 Å². The predicted octanol–water partition coefficient (Wildman–Crippen LogP) is 1.88. The van der Waals surface area contributed by atoms with E-state index in [2.05, 4.69) is 33.1 Å². The zero-order valence-corrected chi connectivity index (χ0v) is 21.9. The minimum Gasteiger partial charge on any atom is -0.475 e. The van der Waals surface area contributed by atoms with Gasteiger partial charge in [0.15, 0.2) is 5.60 Å². The Labute approximate surface area is 226 Å². The van der Waals surface area contributed by atoms with E-state index in [1.807, 2.05) is 13.8 Å². The molecule has 0 saturated carbocycles. The maximum atomic E-state index is 12.9. The van der Waals surface area contributed by atoms with Crippen LogP contribution in [0.25, 0.3) is 0 Å². The van der Waals surface area contributed by atoms with Gasteiger partial charge in [0, 0.05) is 37.8 Å². The Morgan fingerprint density at radius 1 is 1.15 bits per heavy atom. The Morgan fingerprint density at radius 2 is 1.92 bits per heavy atom. The molecule has 1 atom stereocenters. The number of imide groups is 1. The van der Waals surface area contributed by atoms with Crippen LogP contribution in [0.1, 0.15) is 66.7 Å². The third-order valence-corrected chi connectivity index (χ3v) is 7.17. The van der Waals surface area contributed by atoms with Crippen LogP contribution in [-0.2, 0) is 16.1 Å². The van der Waals surface area contributed by atoms with E-state index < -0.39 is 17.6 Å². The second-order valence-electron chi connectivity index (χ2n) is 10.5. The first-order chi connectivity index (χ1) is 18.6. The number of piperidine rings is 2. The quantitative estimate of drug-likeness (QED) is 0.455. The molecule has 1 aromatic heterocycles. The summed E-state index contributed by atoms with van der Waals surface area (Å²) in [6.45, 7) is 5.22. The Balaban J connectivity index is 1.30. The summed E-state index contributed by atoms with van der Waals surface area (Å²) >= 11 is 0. The molecule has 200 valence electrons. The van der Waals surface area contributed by atoms with Crippen molar-refractivity contribution in [2.75, 3.05) is 18.0 Å². The SMILES string of the molecule is CC(C)(C#Cc1cc(N2CCC(O)CC2)c(C#N)cn1)Oc1ccc2c(c1)CN(C1CCC(=O)NC1=O)C2=O. The van der Waals surface area contributed by atoms with Gasteiger partial charge in [0.05, 0.1) is 17.4 Å². The van der Waals surface area contributed by atoms with Crippen LogP contribution in [0, 0.1) is 23.2 Å². The average Bonchev–Trinajstić information content (AvgIpc) is 3.22. The maximum Gasteiger partial charge on any atom is 0.255 e. The number of carbonyl (C=O) groups is 3. The van der Waals surface area contributed by atoms with Gasteiger partial charge >= 0.3 is 0 Å². The van der Waals surface area contributed by atoms with Gasteiger partial charge in [0.2, 0.25) is 11.8 Å². The third-order valence-electron chi connectivity index (χ3n) is 7.17. The highest BCUT2D eigenvalue weighted by molar-refractivity contribution is 6.05. The number of carbonyl (C=O) groups excluding carboxylic acids is 3. The number of benzene rings is 1. The number of aliphatic hydroxyl groups excluding tert-OH is 1. The van der Waals surface area contributed by atoms with Gasteiger partial charge in [-0.2, -0.15) is 5.26 Å². The fourth-order valence-electron chi connectivity index (χ4n) is 5.12. The summed E-state index contributed by atoms with van der Waals surface area (Å²) in [5.74, 6) is 5.69. The van der Waals surface area contributed by atoms with Crippen molar-refractivity contribution < 1.29 is 24.2 Å². The van der Waals surface area contributed by atoms with E-state index >= 15 is 0 Å². The fraction of sp³-hybridized carbons (Fsp3) is 0.414. The van der Waals surface area contributed by atoms with Crippen LogP contribution in [0.15, 0.2) is 30.5 Å². The highest BCUT2D eigenvalue weighted by Gasteiger charge is 2.39. The molecule has 0 aliphatic carbocycles. The molecule has 1 unspecified atom stereocenters. The Morgan fingerprint density at radius 3 is 2.64 bits per heavy atom. The summed E-state index contributed by atoms with van der Waals surface area (Å²) < 4.78 is 6.16. The molecule has 2 saturated heterocycles. The van der Waals surface area contributed by atoms with Crippen LogP contribution >= 0.6 is 0 Å². The van der Waals surface area contributed by atoms with Crippen LogP contribution in [0.4, 0.5) is 5.69 Å². The van der Waals surface area contributed by atoms with Crippen molar-refractivity contribution in [2.24, 2.45) is 0 Å². The number of nitriles is 1. The topological polar surface area (TPSA) is 136 Å². The number of nitrogens with one attached hydrogen (secondary N) is 1. The lowest BCUT2D eigenvalue weighted by Crippen LogP contribution is -2.52. The van der Waals surface area contributed by atoms with Crippen LogP contribution in [0.5, 0.6) is 5.75 Å². The van der Waals surface area contributed by atoms with Crippen molar-refractivity contribution in [1.82, 2.24) is 15.2 Å². The van der Waals surface area contributed by atoms with Crippen molar-refractivity contribution >= 4 is 23.4 Å². The monoisotopic (exact) mass is 527 g/mol. The van der Waals surface area contributed by atoms with Gasteiger partial charge in [0.25, 0.3) is 5.91 Å². The summed E-state index contributed by atoms with van der Waals surface area (Å²) in [4.78, 5) is 44.6. The number of anilines is 1. The molecule has 2 aromatic rings. The van der Waals surface area contributed by atoms with Gasteiger partial charge in [-0.1, -0.05) is 0 Å². The van der Waals surface area contributed by atoms with E-state index in [1.54, 1.807) is 24.3 Å². The van der Waals surface area contributed by atoms with E-state index in [1.165, 1.54) is 11.1 Å². The number of hydrogen-bond acceptors (Lipinski definition) is 8. The molecule has 2 N–H and O–H groups in total. The molecule has 3 aliphatic heterocycles. The largest absolute Gasteiger partial charge is 0.475 e. The van der Waals surface area contributed by atoms with Crippen LogP contribution < -0.4 is 15.0 Å². The third kappa shape index (κ3) is 5.57. The Kier molecular flexibility index (Phi) is 6.98. The number of aromatic nitrogens is 1. The molecule has 3 amide bonds. The highest BCUT2D eigenvalue weighted by atomic mass is 16.5. The minimum absolute atomic E-state index is 0.203. The lowest BCUT2D eigenvalue weighted by atomic mass is 10.0. The zero-order chi connectivity index (χ0) is 27.7. The molecule has 5 rings (SSSR count). The van der Waals surface area contributed by atoms with Crippen LogP contribution in [0.2, 0.25) is 0 Å². The lowest BCUT2D eigenvalue weighted by molar-refractivity contribution is -0.136. The molecule has 2 fully saturated rings. The fourth-order valence-corrected chi connectivity index (χ4v) is 5.12. The van der Waals surface area contributed by atoms with Crippen molar-refractivity contribution in [1.29, 1.82) is 5.26 Å². The van der Waals surface area contributed by atoms with Crippen molar-refractivity contribution in [2.45, 2.75) is 63.8 Å². The second-order valence-corrected chi connectivity index (χ2v) is 10.5. The standard InChI is InChI=1S/C29H29N5O5/c1-29(2,10-7-20-14-25(19(15-30)16-31-20)33-11-8-21(35)9-12-33)39-22-3-4-23-18(13-22)17-34(28(23)38)24-5-6-26(36)32-27(24)37/h3-4,13-14,16,21,24,35H,5-6,8-9,11-12,17H2,1-2H3,(H,32,36,37). The zero-order valence-electron chi connectivity index (χ0n) is 21.9. The highest BCUT2D eigenvalue weighted by Crippen LogP contribution is 2.31. The summed E-state index contributed by atoms with van der Waals surface area (Å²) in [6, 6.07) is 8.48. The molecule has 10 heteroatoms. The first-order valence-corrected chi connectivity index (χ1v) is 13.0. The minimum atomic E-state index is -0.898. The van der Waals surface area contributed by atoms with Crippen LogP contribution in [-0.4, -0.2) is 63.5 Å². The lowest BCUT2D eigenvalue weighted by Gasteiger charge is -2.31. The maximum absolute atomic E-state index is 12.9. The van der Waals surface area contributed by atoms with E-state index in [9.17, 15) is 24.8 Å². The number of pyridine rings is 1. The van der Waals surface area contributed by atoms with Gasteiger partial charge in [0.1, 0.15) is 23.6 Å². The van der Waals surface area contributed by atoms with Crippen molar-refractivity contribution in [3.05, 3.63) is 52.8 Å². The number of rotatable bonds is 4. The number of amides is 3. The molecular weight excluding hydrogens is 498 g/mol. The molecule has 1 aromatic carbocycles. The van der Waals surface area contributed by atoms with Gasteiger partial charge in [-0.25, -0.2) is 4.98 Å². The van der Waals surface area contributed by atoms with Gasteiger partial charge in [-0.05, 0) is 74.8 Å². The molecule has 0 radical (unpaired) electrons. The smallest absolute Gasteiger partial charge is 0.255 e. The normalized spacial score (nSPS) is 19.6. The van der Waals surface area contributed by atoms with Crippen LogP contribution in [0.3, 0.4) is 0 Å². The van der Waals surface area contributed by atoms with Crippen molar-refractivity contribution in [3.63, 3.8) is 0 Å². The molecule has 10 nitrogen and oxygen atoms in total. The second kappa shape index (κ2) is 10.4. The summed E-state index contributed by atoms with van der Waals surface area (Å²) in [5, 5.41) is 21.7. The molecule has 0 bridgehead atoms. The number of nitrogens with zero attached hydrogens (tertiary/aromatic N) is 4. The average molecular weight is 528 g/mol. The molecule has 4 heterocycles. The number of aliphatic hydroxyl groups is 1. The van der Waals surface area contributed by atoms with E-state index in [-0.39, 0.29) is 30.9 Å².